The van der Waals surface area contributed by atoms with Crippen molar-refractivity contribution in [3.8, 4) is 0 Å². The van der Waals surface area contributed by atoms with Gasteiger partial charge in [0.05, 0.1) is 21.5 Å². The summed E-state index contributed by atoms with van der Waals surface area (Å²) in [6.07, 6.45) is 0.786. The van der Waals surface area contributed by atoms with Gasteiger partial charge in [-0.3, -0.25) is 0 Å². The molecule has 0 bridgehead atoms. The first-order valence-corrected chi connectivity index (χ1v) is 8.94. The Morgan fingerprint density at radius 1 is 1.67 bits per heavy atom. The lowest BCUT2D eigenvalue weighted by Crippen LogP contribution is -2.45. The largest absolute Gasteiger partial charge is 0.375 e. The molecule has 0 N–H and O–H groups in total. The first kappa shape index (κ1) is 14.7. The number of nitrogens with zero attached hydrogens (tertiary/aromatic N) is 1. The van der Waals surface area contributed by atoms with Crippen LogP contribution in [0.15, 0.2) is 14.1 Å². The molecule has 0 saturated carbocycles. The number of ether oxygens (including phenoxy) is 1. The maximum atomic E-state index is 12.4. The summed E-state index contributed by atoms with van der Waals surface area (Å²) in [7, 11) is -3.45. The highest BCUT2D eigenvalue weighted by molar-refractivity contribution is 9.11. The van der Waals surface area contributed by atoms with E-state index < -0.39 is 10.0 Å². The average Bonchev–Trinajstić information content (AvgIpc) is 2.70. The maximum Gasteiger partial charge on any atom is 0.252 e. The van der Waals surface area contributed by atoms with E-state index in [4.69, 9.17) is 16.3 Å². The van der Waals surface area contributed by atoms with Gasteiger partial charge in [0, 0.05) is 13.1 Å². The summed E-state index contributed by atoms with van der Waals surface area (Å²) in [5, 5.41) is 0.430. The van der Waals surface area contributed by atoms with E-state index in [-0.39, 0.29) is 10.3 Å². The summed E-state index contributed by atoms with van der Waals surface area (Å²) in [5.74, 6) is 0. The fraction of sp³-hybridized carbons (Fsp3) is 0.600. The van der Waals surface area contributed by atoms with Crippen molar-refractivity contribution >= 4 is 48.9 Å². The van der Waals surface area contributed by atoms with Crippen molar-refractivity contribution in [3.63, 3.8) is 0 Å². The molecule has 0 aromatic carbocycles. The molecule has 1 aliphatic heterocycles. The Morgan fingerprint density at radius 3 is 2.94 bits per heavy atom. The van der Waals surface area contributed by atoms with E-state index in [1.807, 2.05) is 6.92 Å². The molecule has 4 nitrogen and oxygen atoms in total. The first-order chi connectivity index (χ1) is 8.45. The molecule has 1 aromatic heterocycles. The summed E-state index contributed by atoms with van der Waals surface area (Å²) in [6, 6.07) is 1.49. The Morgan fingerprint density at radius 2 is 2.39 bits per heavy atom. The molecule has 8 heteroatoms. The average molecular weight is 375 g/mol. The molecule has 1 saturated heterocycles. The van der Waals surface area contributed by atoms with Crippen LogP contribution in [0.1, 0.15) is 13.3 Å². The highest BCUT2D eigenvalue weighted by Gasteiger charge is 2.31. The second-order valence-corrected chi connectivity index (χ2v) is 8.89. The van der Waals surface area contributed by atoms with Gasteiger partial charge in [-0.25, -0.2) is 8.42 Å². The van der Waals surface area contributed by atoms with Crippen molar-refractivity contribution in [1.82, 2.24) is 4.31 Å². The predicted molar refractivity (Wildman–Crippen MR) is 75.8 cm³/mol. The lowest BCUT2D eigenvalue weighted by Gasteiger charge is -2.31. The first-order valence-electron chi connectivity index (χ1n) is 5.51. The van der Waals surface area contributed by atoms with Crippen LogP contribution in [0.2, 0.25) is 5.02 Å². The van der Waals surface area contributed by atoms with E-state index in [1.165, 1.54) is 10.4 Å². The molecule has 1 fully saturated rings. The van der Waals surface area contributed by atoms with E-state index in [2.05, 4.69) is 15.9 Å². The van der Waals surface area contributed by atoms with E-state index in [1.54, 1.807) is 0 Å². The van der Waals surface area contributed by atoms with Gasteiger partial charge in [-0.1, -0.05) is 18.5 Å². The number of hydrogen-bond acceptors (Lipinski definition) is 4. The molecular formula is C10H13BrClNO3S2. The van der Waals surface area contributed by atoms with E-state index in [9.17, 15) is 8.42 Å². The summed E-state index contributed by atoms with van der Waals surface area (Å²) < 4.78 is 32.7. The normalized spacial score (nSPS) is 22.3. The van der Waals surface area contributed by atoms with Crippen molar-refractivity contribution in [1.29, 1.82) is 0 Å². The number of halogens is 2. The lowest BCUT2D eigenvalue weighted by atomic mass is 10.2. The molecule has 0 amide bonds. The predicted octanol–water partition coefficient (Wildman–Crippen LogP) is 2.96. The molecule has 0 radical (unpaired) electrons. The molecular weight excluding hydrogens is 362 g/mol. The SMILES string of the molecule is CCC1CN(S(=O)(=O)c2cc(Cl)c(Br)s2)CCO1. The highest BCUT2D eigenvalue weighted by atomic mass is 79.9. The van der Waals surface area contributed by atoms with Crippen molar-refractivity contribution in [3.05, 3.63) is 14.9 Å². The monoisotopic (exact) mass is 373 g/mol. The molecule has 2 heterocycles. The number of rotatable bonds is 3. The van der Waals surface area contributed by atoms with Crippen molar-refractivity contribution in [2.45, 2.75) is 23.7 Å². The van der Waals surface area contributed by atoms with Crippen molar-refractivity contribution < 1.29 is 13.2 Å². The van der Waals surface area contributed by atoms with E-state index in [0.717, 1.165) is 17.8 Å². The second-order valence-electron chi connectivity index (χ2n) is 3.95. The zero-order valence-electron chi connectivity index (χ0n) is 9.73. The molecule has 0 spiro atoms. The van der Waals surface area contributed by atoms with Crippen LogP contribution in [0.4, 0.5) is 0 Å². The lowest BCUT2D eigenvalue weighted by molar-refractivity contribution is -0.00272. The van der Waals surface area contributed by atoms with E-state index >= 15 is 0 Å². The van der Waals surface area contributed by atoms with Crippen LogP contribution in [-0.2, 0) is 14.8 Å². The third-order valence-corrected chi connectivity index (χ3v) is 7.56. The maximum absolute atomic E-state index is 12.4. The zero-order chi connectivity index (χ0) is 13.3. The van der Waals surface area contributed by atoms with Crippen molar-refractivity contribution in [2.75, 3.05) is 19.7 Å². The molecule has 2 rings (SSSR count). The molecule has 18 heavy (non-hydrogen) atoms. The van der Waals surface area contributed by atoms with Gasteiger partial charge in [-0.15, -0.1) is 11.3 Å². The number of hydrogen-bond donors (Lipinski definition) is 0. The minimum absolute atomic E-state index is 0.0209. The molecule has 1 aliphatic rings. The Labute approximate surface area is 124 Å². The quantitative estimate of drug-likeness (QED) is 0.817. The van der Waals surface area contributed by atoms with Crippen LogP contribution in [0, 0.1) is 0 Å². The smallest absolute Gasteiger partial charge is 0.252 e. The van der Waals surface area contributed by atoms with Gasteiger partial charge in [0.1, 0.15) is 4.21 Å². The standard InChI is InChI=1S/C10H13BrClNO3S2/c1-2-7-6-13(3-4-16-7)18(14,15)9-5-8(12)10(11)17-9/h5,7H,2-4,6H2,1H3. The minimum atomic E-state index is -3.45. The highest BCUT2D eigenvalue weighted by Crippen LogP contribution is 2.36. The third kappa shape index (κ3) is 2.91. The van der Waals surface area contributed by atoms with Crippen molar-refractivity contribution in [2.24, 2.45) is 0 Å². The van der Waals surface area contributed by atoms with Gasteiger partial charge in [-0.2, -0.15) is 4.31 Å². The van der Waals surface area contributed by atoms with Gasteiger partial charge >= 0.3 is 0 Å². The Bertz CT molecular complexity index is 512. The minimum Gasteiger partial charge on any atom is -0.375 e. The van der Waals surface area contributed by atoms with Crippen LogP contribution in [0.3, 0.4) is 0 Å². The number of sulfonamides is 1. The Balaban J connectivity index is 2.25. The fourth-order valence-corrected chi connectivity index (χ4v) is 5.75. The van der Waals surface area contributed by atoms with Crippen LogP contribution in [-0.4, -0.2) is 38.5 Å². The van der Waals surface area contributed by atoms with E-state index in [0.29, 0.717) is 28.5 Å². The summed E-state index contributed by atoms with van der Waals surface area (Å²) in [4.78, 5) is 0. The van der Waals surface area contributed by atoms with Gasteiger partial charge in [0.15, 0.2) is 0 Å². The second kappa shape index (κ2) is 5.76. The van der Waals surface area contributed by atoms with Gasteiger partial charge in [-0.05, 0) is 28.4 Å². The molecule has 0 aliphatic carbocycles. The van der Waals surface area contributed by atoms with Gasteiger partial charge in [0.25, 0.3) is 10.0 Å². The summed E-state index contributed by atoms with van der Waals surface area (Å²) >= 11 is 10.3. The van der Waals surface area contributed by atoms with Crippen LogP contribution in [0.5, 0.6) is 0 Å². The molecule has 1 unspecified atom stereocenters. The topological polar surface area (TPSA) is 46.6 Å². The van der Waals surface area contributed by atoms with Crippen LogP contribution < -0.4 is 0 Å². The van der Waals surface area contributed by atoms with Gasteiger partial charge < -0.3 is 4.74 Å². The number of thiophene rings is 1. The van der Waals surface area contributed by atoms with Gasteiger partial charge in [0.2, 0.25) is 0 Å². The summed E-state index contributed by atoms with van der Waals surface area (Å²) in [5.41, 5.74) is 0. The third-order valence-electron chi connectivity index (χ3n) is 2.77. The Hall–Kier alpha value is 0.340. The summed E-state index contributed by atoms with van der Waals surface area (Å²) in [6.45, 7) is 3.23. The Kier molecular flexibility index (Phi) is 4.72. The zero-order valence-corrected chi connectivity index (χ0v) is 13.7. The number of morpholine rings is 1. The van der Waals surface area contributed by atoms with Crippen LogP contribution >= 0.6 is 38.9 Å². The molecule has 1 aromatic rings. The molecule has 102 valence electrons. The molecule has 1 atom stereocenters. The fourth-order valence-electron chi connectivity index (χ4n) is 1.74. The van der Waals surface area contributed by atoms with Crippen LogP contribution in [0.25, 0.3) is 0 Å².